The highest BCUT2D eigenvalue weighted by molar-refractivity contribution is 5.62. The molecule has 0 aliphatic heterocycles. The zero-order chi connectivity index (χ0) is 15.9. The predicted molar refractivity (Wildman–Crippen MR) is 94.3 cm³/mol. The van der Waals surface area contributed by atoms with Crippen LogP contribution in [-0.2, 0) is 0 Å². The Labute approximate surface area is 132 Å². The Balaban J connectivity index is 2.02. The number of aromatic nitrogens is 2. The second kappa shape index (κ2) is 7.36. The van der Waals surface area contributed by atoms with Crippen LogP contribution in [0.15, 0.2) is 61.1 Å². The van der Waals surface area contributed by atoms with E-state index < -0.39 is 0 Å². The van der Waals surface area contributed by atoms with Crippen molar-refractivity contribution in [1.82, 2.24) is 9.97 Å². The number of hydrogen-bond donors (Lipinski definition) is 1. The lowest BCUT2D eigenvalue weighted by molar-refractivity contribution is 1.14. The third kappa shape index (κ3) is 4.16. The zero-order valence-electron chi connectivity index (χ0n) is 13.3. The van der Waals surface area contributed by atoms with E-state index in [0.29, 0.717) is 5.95 Å². The van der Waals surface area contributed by atoms with Crippen molar-refractivity contribution in [2.75, 3.05) is 5.32 Å². The summed E-state index contributed by atoms with van der Waals surface area (Å²) in [5, 5.41) is 3.09. The number of aryl methyl sites for hydroxylation is 1. The fraction of sp³-hybridized carbons (Fsp3) is 0.158. The van der Waals surface area contributed by atoms with Crippen LogP contribution in [0, 0.1) is 6.92 Å². The lowest BCUT2D eigenvalue weighted by Gasteiger charge is -2.06. The van der Waals surface area contributed by atoms with Gasteiger partial charge in [-0.1, -0.05) is 43.0 Å². The summed E-state index contributed by atoms with van der Waals surface area (Å²) in [6, 6.07) is 8.21. The first kappa shape index (κ1) is 15.7. The molecule has 1 heterocycles. The number of rotatable bonds is 5. The first-order valence-corrected chi connectivity index (χ1v) is 7.25. The van der Waals surface area contributed by atoms with Crippen LogP contribution in [0.3, 0.4) is 0 Å². The van der Waals surface area contributed by atoms with Crippen LogP contribution in [0.4, 0.5) is 5.95 Å². The fourth-order valence-corrected chi connectivity index (χ4v) is 1.91. The van der Waals surface area contributed by atoms with Crippen molar-refractivity contribution in [1.29, 1.82) is 0 Å². The Hall–Kier alpha value is -2.68. The van der Waals surface area contributed by atoms with Gasteiger partial charge in [-0.15, -0.1) is 0 Å². The number of anilines is 1. The lowest BCUT2D eigenvalue weighted by atomic mass is 10.1. The number of allylic oxidation sites excluding steroid dienone is 3. The minimum Gasteiger partial charge on any atom is -0.325 e. The van der Waals surface area contributed by atoms with E-state index in [1.807, 2.05) is 56.6 Å². The molecule has 3 heteroatoms. The molecular weight excluding hydrogens is 270 g/mol. The van der Waals surface area contributed by atoms with Gasteiger partial charge in [-0.05, 0) is 43.5 Å². The fourth-order valence-electron chi connectivity index (χ4n) is 1.91. The van der Waals surface area contributed by atoms with Crippen LogP contribution in [0.2, 0.25) is 0 Å². The van der Waals surface area contributed by atoms with Crippen molar-refractivity contribution in [2.24, 2.45) is 0 Å². The summed E-state index contributed by atoms with van der Waals surface area (Å²) in [5.74, 6) is 0.548. The standard InChI is InChI=1S/C19H21N3/c1-5-14(2)18-12-20-19(21-13-18)22-16(4)10-11-17-9-7-6-8-15(17)3/h5-13H,4H2,1-3H3,(H,20,21,22)/b11-10-,14-5+. The van der Waals surface area contributed by atoms with Gasteiger partial charge in [-0.2, -0.15) is 0 Å². The Morgan fingerprint density at radius 2 is 1.86 bits per heavy atom. The molecule has 0 radical (unpaired) electrons. The van der Waals surface area contributed by atoms with Crippen molar-refractivity contribution in [2.45, 2.75) is 20.8 Å². The Morgan fingerprint density at radius 1 is 1.18 bits per heavy atom. The monoisotopic (exact) mass is 291 g/mol. The van der Waals surface area contributed by atoms with Gasteiger partial charge < -0.3 is 5.32 Å². The number of hydrogen-bond acceptors (Lipinski definition) is 3. The van der Waals surface area contributed by atoms with Crippen molar-refractivity contribution in [3.05, 3.63) is 77.8 Å². The van der Waals surface area contributed by atoms with Gasteiger partial charge >= 0.3 is 0 Å². The summed E-state index contributed by atoms with van der Waals surface area (Å²) in [4.78, 5) is 8.60. The molecule has 0 fully saturated rings. The lowest BCUT2D eigenvalue weighted by Crippen LogP contribution is -2.00. The number of nitrogens with zero attached hydrogens (tertiary/aromatic N) is 2. The molecule has 2 aromatic rings. The second-order valence-corrected chi connectivity index (χ2v) is 5.11. The topological polar surface area (TPSA) is 37.8 Å². The van der Waals surface area contributed by atoms with E-state index in [-0.39, 0.29) is 0 Å². The molecule has 0 unspecified atom stereocenters. The first-order valence-electron chi connectivity index (χ1n) is 7.25. The minimum atomic E-state index is 0.548. The van der Waals surface area contributed by atoms with E-state index in [4.69, 9.17) is 0 Å². The van der Waals surface area contributed by atoms with Gasteiger partial charge in [-0.25, -0.2) is 9.97 Å². The molecule has 112 valence electrons. The van der Waals surface area contributed by atoms with Gasteiger partial charge in [0.1, 0.15) is 0 Å². The highest BCUT2D eigenvalue weighted by Gasteiger charge is 1.99. The van der Waals surface area contributed by atoms with Crippen molar-refractivity contribution in [3.8, 4) is 0 Å². The average Bonchev–Trinajstić information content (AvgIpc) is 2.54. The minimum absolute atomic E-state index is 0.548. The summed E-state index contributed by atoms with van der Waals surface area (Å²) < 4.78 is 0. The molecule has 0 amide bonds. The molecule has 1 aromatic heterocycles. The molecule has 22 heavy (non-hydrogen) atoms. The van der Waals surface area contributed by atoms with E-state index in [9.17, 15) is 0 Å². The van der Waals surface area contributed by atoms with E-state index in [0.717, 1.165) is 16.8 Å². The molecule has 2 rings (SSSR count). The molecule has 0 saturated carbocycles. The van der Waals surface area contributed by atoms with Gasteiger partial charge in [0, 0.05) is 23.7 Å². The predicted octanol–water partition coefficient (Wildman–Crippen LogP) is 4.85. The number of nitrogens with one attached hydrogen (secondary N) is 1. The zero-order valence-corrected chi connectivity index (χ0v) is 13.3. The maximum atomic E-state index is 4.30. The molecule has 3 nitrogen and oxygen atoms in total. The maximum Gasteiger partial charge on any atom is 0.227 e. The summed E-state index contributed by atoms with van der Waals surface area (Å²) in [5.41, 5.74) is 5.33. The molecular formula is C19H21N3. The molecule has 0 bridgehead atoms. The Bertz CT molecular complexity index is 710. The average molecular weight is 291 g/mol. The Morgan fingerprint density at radius 3 is 2.50 bits per heavy atom. The normalized spacial score (nSPS) is 11.7. The smallest absolute Gasteiger partial charge is 0.227 e. The van der Waals surface area contributed by atoms with Gasteiger partial charge in [0.15, 0.2) is 0 Å². The summed E-state index contributed by atoms with van der Waals surface area (Å²) in [6.45, 7) is 10.1. The molecule has 0 aliphatic rings. The third-order valence-corrected chi connectivity index (χ3v) is 3.47. The van der Waals surface area contributed by atoms with Crippen LogP contribution in [0.1, 0.15) is 30.5 Å². The summed E-state index contributed by atoms with van der Waals surface area (Å²) in [7, 11) is 0. The third-order valence-electron chi connectivity index (χ3n) is 3.47. The van der Waals surface area contributed by atoms with Gasteiger partial charge in [0.25, 0.3) is 0 Å². The van der Waals surface area contributed by atoms with Crippen LogP contribution in [0.5, 0.6) is 0 Å². The molecule has 0 saturated heterocycles. The van der Waals surface area contributed by atoms with Crippen molar-refractivity contribution >= 4 is 17.6 Å². The van der Waals surface area contributed by atoms with Crippen LogP contribution in [0.25, 0.3) is 11.6 Å². The largest absolute Gasteiger partial charge is 0.325 e. The first-order chi connectivity index (χ1) is 10.6. The Kier molecular flexibility index (Phi) is 5.26. The maximum absolute atomic E-state index is 4.30. The van der Waals surface area contributed by atoms with Gasteiger partial charge in [0.2, 0.25) is 5.95 Å². The highest BCUT2D eigenvalue weighted by atomic mass is 15.1. The molecule has 0 aliphatic carbocycles. The SMILES string of the molecule is C=C(/C=C\c1ccccc1C)Nc1ncc(/C(C)=C/C)cn1. The van der Waals surface area contributed by atoms with E-state index in [1.165, 1.54) is 11.1 Å². The second-order valence-electron chi connectivity index (χ2n) is 5.11. The van der Waals surface area contributed by atoms with Gasteiger partial charge in [-0.3, -0.25) is 0 Å². The van der Waals surface area contributed by atoms with Crippen LogP contribution < -0.4 is 5.32 Å². The van der Waals surface area contributed by atoms with Crippen molar-refractivity contribution < 1.29 is 0 Å². The molecule has 0 atom stereocenters. The molecule has 1 aromatic carbocycles. The van der Waals surface area contributed by atoms with Crippen LogP contribution in [-0.4, -0.2) is 9.97 Å². The quantitative estimate of drug-likeness (QED) is 0.800. The number of benzene rings is 1. The van der Waals surface area contributed by atoms with Crippen molar-refractivity contribution in [3.63, 3.8) is 0 Å². The molecule has 1 N–H and O–H groups in total. The van der Waals surface area contributed by atoms with E-state index in [2.05, 4.69) is 40.9 Å². The van der Waals surface area contributed by atoms with E-state index in [1.54, 1.807) is 0 Å². The van der Waals surface area contributed by atoms with Crippen LogP contribution >= 0.6 is 0 Å². The van der Waals surface area contributed by atoms with Gasteiger partial charge in [0.05, 0.1) is 0 Å². The highest BCUT2D eigenvalue weighted by Crippen LogP contribution is 2.13. The summed E-state index contributed by atoms with van der Waals surface area (Å²) in [6.07, 6.45) is 9.61. The van der Waals surface area contributed by atoms with E-state index >= 15 is 0 Å². The molecule has 0 spiro atoms. The summed E-state index contributed by atoms with van der Waals surface area (Å²) >= 11 is 0.